The quantitative estimate of drug-likeness (QED) is 0.684. The topological polar surface area (TPSA) is 50.1 Å². The van der Waals surface area contributed by atoms with Gasteiger partial charge in [0.1, 0.15) is 0 Å². The van der Waals surface area contributed by atoms with Gasteiger partial charge in [-0.25, -0.2) is 0 Å². The van der Waals surface area contributed by atoms with E-state index >= 15 is 0 Å². The molecule has 1 unspecified atom stereocenters. The standard InChI is InChI=1S/C24H28BN3/c1-16(2)19-10-6-7-18-13-24-25(14-22(18)19)15-23(28-24)21-9-5-4-8-20(21)17(3)27-12-11-26/h4-10,15,24,27-28H,1,3,11-14,26H2,2H3. The molecule has 4 N–H and O–H groups in total. The van der Waals surface area contributed by atoms with Crippen LogP contribution in [0.25, 0.3) is 17.0 Å². The van der Waals surface area contributed by atoms with Crippen LogP contribution in [0, 0.1) is 0 Å². The van der Waals surface area contributed by atoms with Crippen LogP contribution >= 0.6 is 0 Å². The predicted molar refractivity (Wildman–Crippen MR) is 122 cm³/mol. The second kappa shape index (κ2) is 7.73. The number of hydrogen-bond acceptors (Lipinski definition) is 3. The zero-order chi connectivity index (χ0) is 19.7. The summed E-state index contributed by atoms with van der Waals surface area (Å²) < 4.78 is 0. The van der Waals surface area contributed by atoms with Gasteiger partial charge in [0.25, 0.3) is 0 Å². The van der Waals surface area contributed by atoms with Gasteiger partial charge in [-0.05, 0) is 36.4 Å². The molecule has 1 atom stereocenters. The van der Waals surface area contributed by atoms with E-state index in [1.807, 2.05) is 0 Å². The van der Waals surface area contributed by atoms with Crippen LogP contribution < -0.4 is 16.4 Å². The fourth-order valence-corrected chi connectivity index (χ4v) is 4.50. The molecule has 4 heteroatoms. The fourth-order valence-electron chi connectivity index (χ4n) is 4.50. The molecular weight excluding hydrogens is 341 g/mol. The van der Waals surface area contributed by atoms with Gasteiger partial charge in [-0.2, -0.15) is 0 Å². The first kappa shape index (κ1) is 18.6. The van der Waals surface area contributed by atoms with E-state index in [1.54, 1.807) is 0 Å². The molecule has 0 amide bonds. The monoisotopic (exact) mass is 369 g/mol. The van der Waals surface area contributed by atoms with Gasteiger partial charge in [-0.1, -0.05) is 67.2 Å². The molecule has 0 aromatic heterocycles. The second-order valence-corrected chi connectivity index (χ2v) is 7.87. The number of fused-ring (bicyclic) bond motifs is 2. The van der Waals surface area contributed by atoms with E-state index in [1.165, 1.54) is 28.0 Å². The van der Waals surface area contributed by atoms with Gasteiger partial charge < -0.3 is 16.4 Å². The third-order valence-electron chi connectivity index (χ3n) is 5.88. The minimum Gasteiger partial charge on any atom is -0.389 e. The first-order valence-electron chi connectivity index (χ1n) is 10.1. The Morgan fingerprint density at radius 2 is 1.96 bits per heavy atom. The van der Waals surface area contributed by atoms with Crippen molar-refractivity contribution in [2.75, 3.05) is 13.1 Å². The molecule has 0 radical (unpaired) electrons. The second-order valence-electron chi connectivity index (χ2n) is 7.87. The van der Waals surface area contributed by atoms with Crippen LogP contribution in [0.15, 0.2) is 61.6 Å². The summed E-state index contributed by atoms with van der Waals surface area (Å²) in [6.07, 6.45) is 2.11. The van der Waals surface area contributed by atoms with E-state index in [0.717, 1.165) is 36.1 Å². The maximum Gasteiger partial charge on any atom is 0.199 e. The Balaban J connectivity index is 1.63. The largest absolute Gasteiger partial charge is 0.389 e. The summed E-state index contributed by atoms with van der Waals surface area (Å²) in [4.78, 5) is 0. The Labute approximate surface area is 168 Å². The fraction of sp³-hybridized carbons (Fsp3) is 0.250. The van der Waals surface area contributed by atoms with E-state index in [9.17, 15) is 0 Å². The molecule has 28 heavy (non-hydrogen) atoms. The molecule has 142 valence electrons. The molecule has 2 aromatic carbocycles. The summed E-state index contributed by atoms with van der Waals surface area (Å²) in [5.41, 5.74) is 15.5. The highest BCUT2D eigenvalue weighted by Gasteiger charge is 2.36. The number of allylic oxidation sites excluding steroid dienone is 1. The SMILES string of the molecule is C=C(NCCN)c1ccccc1C1=CB2Cc3c(cccc3C(=C)C)CC2N1. The Morgan fingerprint density at radius 1 is 1.18 bits per heavy atom. The molecule has 0 fully saturated rings. The summed E-state index contributed by atoms with van der Waals surface area (Å²) in [5.74, 6) is 2.86. The number of nitrogens with one attached hydrogen (secondary N) is 2. The van der Waals surface area contributed by atoms with E-state index in [4.69, 9.17) is 5.73 Å². The number of nitrogens with two attached hydrogens (primary N) is 1. The van der Waals surface area contributed by atoms with Crippen molar-refractivity contribution < 1.29 is 0 Å². The zero-order valence-electron chi connectivity index (χ0n) is 16.6. The number of benzene rings is 2. The van der Waals surface area contributed by atoms with Crippen molar-refractivity contribution in [1.29, 1.82) is 0 Å². The van der Waals surface area contributed by atoms with Crippen LogP contribution in [0.4, 0.5) is 0 Å². The van der Waals surface area contributed by atoms with Crippen molar-refractivity contribution >= 4 is 23.7 Å². The van der Waals surface area contributed by atoms with Gasteiger partial charge in [0.2, 0.25) is 0 Å². The average molecular weight is 369 g/mol. The van der Waals surface area contributed by atoms with Crippen LogP contribution in [0.3, 0.4) is 0 Å². The lowest BCUT2D eigenvalue weighted by atomic mass is 9.39. The van der Waals surface area contributed by atoms with Gasteiger partial charge in [0.05, 0.1) is 0 Å². The Kier molecular flexibility index (Phi) is 5.14. The molecule has 2 aliphatic rings. The highest BCUT2D eigenvalue weighted by atomic mass is 14.9. The van der Waals surface area contributed by atoms with Crippen LogP contribution in [0.5, 0.6) is 0 Å². The predicted octanol–water partition coefficient (Wildman–Crippen LogP) is 3.46. The highest BCUT2D eigenvalue weighted by Crippen LogP contribution is 2.34. The lowest BCUT2D eigenvalue weighted by molar-refractivity contribution is 0.748. The summed E-state index contributed by atoms with van der Waals surface area (Å²) >= 11 is 0. The Hall–Kier alpha value is -2.72. The van der Waals surface area contributed by atoms with Crippen molar-refractivity contribution in [2.24, 2.45) is 5.73 Å². The minimum atomic E-state index is 0.446. The Morgan fingerprint density at radius 3 is 2.75 bits per heavy atom. The molecule has 3 nitrogen and oxygen atoms in total. The van der Waals surface area contributed by atoms with Gasteiger partial charge >= 0.3 is 0 Å². The smallest absolute Gasteiger partial charge is 0.199 e. The first-order valence-corrected chi connectivity index (χ1v) is 10.1. The van der Waals surface area contributed by atoms with Crippen molar-refractivity contribution in [3.8, 4) is 0 Å². The van der Waals surface area contributed by atoms with Crippen LogP contribution in [0.1, 0.15) is 34.7 Å². The van der Waals surface area contributed by atoms with Gasteiger partial charge in [0, 0.05) is 41.6 Å². The van der Waals surface area contributed by atoms with Crippen LogP contribution in [-0.2, 0) is 12.7 Å². The number of hydrogen-bond donors (Lipinski definition) is 3. The maximum absolute atomic E-state index is 5.64. The molecule has 0 aliphatic carbocycles. The maximum atomic E-state index is 5.64. The molecule has 4 rings (SSSR count). The third-order valence-corrected chi connectivity index (χ3v) is 5.88. The van der Waals surface area contributed by atoms with E-state index < -0.39 is 0 Å². The number of rotatable bonds is 6. The lowest BCUT2D eigenvalue weighted by Crippen LogP contribution is -2.42. The molecule has 0 saturated heterocycles. The van der Waals surface area contributed by atoms with E-state index in [-0.39, 0.29) is 0 Å². The molecule has 0 bridgehead atoms. The van der Waals surface area contributed by atoms with E-state index in [0.29, 0.717) is 19.2 Å². The molecule has 2 aromatic rings. The lowest BCUT2D eigenvalue weighted by Gasteiger charge is -2.28. The molecule has 2 heterocycles. The zero-order valence-corrected chi connectivity index (χ0v) is 16.6. The van der Waals surface area contributed by atoms with Crippen molar-refractivity contribution in [1.82, 2.24) is 10.6 Å². The minimum absolute atomic E-state index is 0.446. The molecule has 2 aliphatic heterocycles. The van der Waals surface area contributed by atoms with Gasteiger partial charge in [-0.3, -0.25) is 0 Å². The average Bonchev–Trinajstić information content (AvgIpc) is 3.12. The van der Waals surface area contributed by atoms with Crippen molar-refractivity contribution in [3.63, 3.8) is 0 Å². The highest BCUT2D eigenvalue weighted by molar-refractivity contribution is 6.68. The molecular formula is C24H28BN3. The van der Waals surface area contributed by atoms with Gasteiger partial charge in [0.15, 0.2) is 6.71 Å². The summed E-state index contributed by atoms with van der Waals surface area (Å²) in [6.45, 7) is 12.3. The summed E-state index contributed by atoms with van der Waals surface area (Å²) in [6, 6.07) is 15.1. The Bertz CT molecular complexity index is 960. The van der Waals surface area contributed by atoms with Crippen molar-refractivity contribution in [3.05, 3.63) is 89.4 Å². The molecule has 0 saturated carbocycles. The summed E-state index contributed by atoms with van der Waals surface area (Å²) in [7, 11) is 0. The molecule has 0 spiro atoms. The van der Waals surface area contributed by atoms with Crippen LogP contribution in [-0.4, -0.2) is 25.7 Å². The third kappa shape index (κ3) is 3.40. The van der Waals surface area contributed by atoms with Gasteiger partial charge in [-0.15, -0.1) is 0 Å². The first-order chi connectivity index (χ1) is 13.6. The summed E-state index contributed by atoms with van der Waals surface area (Å²) in [5, 5.41) is 7.12. The normalized spacial score (nSPS) is 17.3. The van der Waals surface area contributed by atoms with Crippen molar-refractivity contribution in [2.45, 2.75) is 25.6 Å². The van der Waals surface area contributed by atoms with E-state index in [2.05, 4.69) is 79.2 Å². The van der Waals surface area contributed by atoms with Crippen LogP contribution in [0.2, 0.25) is 0 Å².